The molecule has 3 rings (SSSR count). The smallest absolute Gasteiger partial charge is 0.278 e. The van der Waals surface area contributed by atoms with E-state index in [0.29, 0.717) is 28.6 Å². The van der Waals surface area contributed by atoms with Crippen LogP contribution >= 0.6 is 23.2 Å². The lowest BCUT2D eigenvalue weighted by molar-refractivity contribution is -0.136. The number of benzene rings is 2. The minimum Gasteiger partial charge on any atom is -0.385 e. The molecule has 0 saturated carbocycles. The maximum absolute atomic E-state index is 13.2. The number of nitrogens with one attached hydrogen (secondary N) is 1. The first-order valence-corrected chi connectivity index (χ1v) is 9.97. The summed E-state index contributed by atoms with van der Waals surface area (Å²) in [6, 6.07) is 10.8. The minimum absolute atomic E-state index is 0.210. The fourth-order valence-electron chi connectivity index (χ4n) is 3.40. The van der Waals surface area contributed by atoms with Crippen molar-refractivity contribution in [1.82, 2.24) is 4.90 Å². The molecule has 0 radical (unpaired) electrons. The van der Waals surface area contributed by atoms with Crippen LogP contribution in [0.4, 0.5) is 5.69 Å². The molecule has 1 heterocycles. The predicted molar refractivity (Wildman–Crippen MR) is 116 cm³/mol. The molecular weight excluding hydrogens is 411 g/mol. The Morgan fingerprint density at radius 1 is 1.00 bits per heavy atom. The predicted octanol–water partition coefficient (Wildman–Crippen LogP) is 4.84. The van der Waals surface area contributed by atoms with E-state index in [1.165, 1.54) is 4.90 Å². The van der Waals surface area contributed by atoms with Gasteiger partial charge < -0.3 is 10.1 Å². The first-order valence-electron chi connectivity index (χ1n) is 9.22. The Hall–Kier alpha value is -2.34. The molecule has 0 bridgehead atoms. The summed E-state index contributed by atoms with van der Waals surface area (Å²) in [7, 11) is 1.58. The van der Waals surface area contributed by atoms with Crippen LogP contribution in [0.5, 0.6) is 0 Å². The van der Waals surface area contributed by atoms with Crippen LogP contribution in [0.2, 0.25) is 10.0 Å². The number of rotatable bonds is 7. The van der Waals surface area contributed by atoms with Gasteiger partial charge in [-0.05, 0) is 55.7 Å². The second-order valence-electron chi connectivity index (χ2n) is 6.98. The van der Waals surface area contributed by atoms with E-state index >= 15 is 0 Å². The van der Waals surface area contributed by atoms with Gasteiger partial charge in [-0.3, -0.25) is 14.5 Å². The number of methoxy groups -OCH3 is 1. The van der Waals surface area contributed by atoms with Gasteiger partial charge >= 0.3 is 0 Å². The second kappa shape index (κ2) is 8.99. The van der Waals surface area contributed by atoms with Gasteiger partial charge in [0.15, 0.2) is 0 Å². The van der Waals surface area contributed by atoms with Gasteiger partial charge in [0.05, 0.1) is 10.6 Å². The van der Waals surface area contributed by atoms with Crippen molar-refractivity contribution in [3.8, 4) is 0 Å². The summed E-state index contributed by atoms with van der Waals surface area (Å²) in [5.74, 6) is -0.770. The topological polar surface area (TPSA) is 58.6 Å². The molecule has 1 aliphatic rings. The van der Waals surface area contributed by atoms with Gasteiger partial charge in [-0.2, -0.15) is 0 Å². The molecule has 2 aromatic carbocycles. The summed E-state index contributed by atoms with van der Waals surface area (Å²) in [6.07, 6.45) is 0.548. The van der Waals surface area contributed by atoms with Crippen LogP contribution in [0.1, 0.15) is 23.1 Å². The molecule has 1 N–H and O–H groups in total. The van der Waals surface area contributed by atoms with Gasteiger partial charge in [0, 0.05) is 36.5 Å². The van der Waals surface area contributed by atoms with E-state index in [1.807, 2.05) is 32.0 Å². The molecule has 29 heavy (non-hydrogen) atoms. The monoisotopic (exact) mass is 432 g/mol. The van der Waals surface area contributed by atoms with Crippen LogP contribution in [0.15, 0.2) is 42.1 Å². The Morgan fingerprint density at radius 3 is 2.31 bits per heavy atom. The number of nitrogens with zero attached hydrogens (tertiary/aromatic N) is 1. The van der Waals surface area contributed by atoms with Gasteiger partial charge in [0.25, 0.3) is 11.8 Å². The maximum atomic E-state index is 13.2. The number of amides is 2. The Balaban J connectivity index is 2.06. The summed E-state index contributed by atoms with van der Waals surface area (Å²) >= 11 is 12.4. The Kier molecular flexibility index (Phi) is 6.63. The molecule has 5 nitrogen and oxygen atoms in total. The van der Waals surface area contributed by atoms with Gasteiger partial charge in [-0.25, -0.2) is 0 Å². The third-order valence-electron chi connectivity index (χ3n) is 4.59. The summed E-state index contributed by atoms with van der Waals surface area (Å²) in [5.41, 5.74) is 3.76. The van der Waals surface area contributed by atoms with E-state index < -0.39 is 0 Å². The first-order chi connectivity index (χ1) is 13.8. The van der Waals surface area contributed by atoms with E-state index in [1.54, 1.807) is 25.3 Å². The maximum Gasteiger partial charge on any atom is 0.278 e. The third kappa shape index (κ3) is 4.64. The van der Waals surface area contributed by atoms with E-state index in [2.05, 4.69) is 5.32 Å². The molecule has 0 atom stereocenters. The number of hydrogen-bond acceptors (Lipinski definition) is 4. The van der Waals surface area contributed by atoms with Crippen molar-refractivity contribution in [1.29, 1.82) is 0 Å². The summed E-state index contributed by atoms with van der Waals surface area (Å²) in [4.78, 5) is 27.5. The van der Waals surface area contributed by atoms with Gasteiger partial charge in [0.1, 0.15) is 5.70 Å². The SMILES string of the molecule is COCCCN1C(=O)C(Nc2cc(C)cc(C)c2)=C(c2ccc(Cl)cc2Cl)C1=O. The van der Waals surface area contributed by atoms with Crippen molar-refractivity contribution in [2.75, 3.05) is 25.6 Å². The van der Waals surface area contributed by atoms with Crippen LogP contribution in [-0.4, -0.2) is 37.0 Å². The zero-order valence-corrected chi connectivity index (χ0v) is 18.0. The van der Waals surface area contributed by atoms with E-state index in [4.69, 9.17) is 27.9 Å². The van der Waals surface area contributed by atoms with Crippen molar-refractivity contribution < 1.29 is 14.3 Å². The average Bonchev–Trinajstić information content (AvgIpc) is 2.86. The number of hydrogen-bond donors (Lipinski definition) is 1. The van der Waals surface area contributed by atoms with Crippen LogP contribution in [-0.2, 0) is 14.3 Å². The van der Waals surface area contributed by atoms with E-state index in [-0.39, 0.29) is 29.6 Å². The molecule has 2 amide bonds. The molecule has 0 saturated heterocycles. The highest BCUT2D eigenvalue weighted by atomic mass is 35.5. The second-order valence-corrected chi connectivity index (χ2v) is 7.83. The quantitative estimate of drug-likeness (QED) is 0.502. The zero-order chi connectivity index (χ0) is 21.1. The first kappa shape index (κ1) is 21.4. The standard InChI is InChI=1S/C22H22Cl2N2O3/c1-13-9-14(2)11-16(10-13)25-20-19(17-6-5-15(23)12-18(17)24)21(27)26(22(20)28)7-4-8-29-3/h5-6,9-12,25H,4,7-8H2,1-3H3. The van der Waals surface area contributed by atoms with E-state index in [9.17, 15) is 9.59 Å². The van der Waals surface area contributed by atoms with Gasteiger partial charge in [0.2, 0.25) is 0 Å². The fraction of sp³-hybridized carbons (Fsp3) is 0.273. The highest BCUT2D eigenvalue weighted by molar-refractivity contribution is 6.41. The molecule has 1 aliphatic heterocycles. The number of imide groups is 1. The van der Waals surface area contributed by atoms with Crippen LogP contribution < -0.4 is 5.32 Å². The van der Waals surface area contributed by atoms with Crippen molar-refractivity contribution >= 4 is 46.3 Å². The lowest BCUT2D eigenvalue weighted by Gasteiger charge is -2.15. The van der Waals surface area contributed by atoms with Crippen LogP contribution in [0.3, 0.4) is 0 Å². The van der Waals surface area contributed by atoms with Crippen molar-refractivity contribution in [2.24, 2.45) is 0 Å². The fourth-order valence-corrected chi connectivity index (χ4v) is 3.90. The third-order valence-corrected chi connectivity index (χ3v) is 5.14. The molecule has 0 aliphatic carbocycles. The van der Waals surface area contributed by atoms with Crippen molar-refractivity contribution in [3.05, 3.63) is 68.8 Å². The number of carbonyl (C=O) groups is 2. The molecule has 152 valence electrons. The summed E-state index contributed by atoms with van der Waals surface area (Å²) in [5, 5.41) is 3.93. The lowest BCUT2D eigenvalue weighted by Crippen LogP contribution is -2.33. The van der Waals surface area contributed by atoms with Gasteiger partial charge in [-0.1, -0.05) is 35.3 Å². The van der Waals surface area contributed by atoms with Crippen molar-refractivity contribution in [2.45, 2.75) is 20.3 Å². The van der Waals surface area contributed by atoms with Crippen LogP contribution in [0.25, 0.3) is 5.57 Å². The molecule has 2 aromatic rings. The number of aryl methyl sites for hydroxylation is 2. The normalized spacial score (nSPS) is 14.2. The molecular formula is C22H22Cl2N2O3. The summed E-state index contributed by atoms with van der Waals surface area (Å²) < 4.78 is 5.05. The Labute approximate surface area is 180 Å². The molecule has 0 unspecified atom stereocenters. The van der Waals surface area contributed by atoms with E-state index in [0.717, 1.165) is 16.8 Å². The highest BCUT2D eigenvalue weighted by Crippen LogP contribution is 2.35. The Bertz CT molecular complexity index is 981. The van der Waals surface area contributed by atoms with Crippen LogP contribution in [0, 0.1) is 13.8 Å². The molecule has 7 heteroatoms. The molecule has 0 aromatic heterocycles. The number of anilines is 1. The molecule has 0 fully saturated rings. The zero-order valence-electron chi connectivity index (χ0n) is 16.5. The summed E-state index contributed by atoms with van der Waals surface area (Å²) in [6.45, 7) is 4.66. The number of ether oxygens (including phenoxy) is 1. The minimum atomic E-state index is -0.387. The van der Waals surface area contributed by atoms with Gasteiger partial charge in [-0.15, -0.1) is 0 Å². The van der Waals surface area contributed by atoms with Crippen molar-refractivity contribution in [3.63, 3.8) is 0 Å². The number of halogens is 2. The molecule has 0 spiro atoms. The Morgan fingerprint density at radius 2 is 1.69 bits per heavy atom. The number of carbonyl (C=O) groups excluding carboxylic acids is 2. The highest BCUT2D eigenvalue weighted by Gasteiger charge is 2.39. The average molecular weight is 433 g/mol. The largest absolute Gasteiger partial charge is 0.385 e. The lowest BCUT2D eigenvalue weighted by atomic mass is 10.0.